The highest BCUT2D eigenvalue weighted by Crippen LogP contribution is 2.10. The third-order valence-electron chi connectivity index (χ3n) is 2.88. The lowest BCUT2D eigenvalue weighted by molar-refractivity contribution is -0.155. The van der Waals surface area contributed by atoms with Crippen molar-refractivity contribution in [1.29, 1.82) is 0 Å². The SMILES string of the molecule is COC(=O)NC(=O)[C@H](C)OC(=O)[C@H](C)NS(=O)(=O)c1ccc(F)cc1. The highest BCUT2D eigenvalue weighted by molar-refractivity contribution is 7.89. The molecule has 0 fully saturated rings. The van der Waals surface area contributed by atoms with Crippen molar-refractivity contribution in [2.45, 2.75) is 30.9 Å². The van der Waals surface area contributed by atoms with Gasteiger partial charge in [0.25, 0.3) is 5.91 Å². The van der Waals surface area contributed by atoms with Gasteiger partial charge in [-0.2, -0.15) is 4.72 Å². The van der Waals surface area contributed by atoms with Gasteiger partial charge in [0.2, 0.25) is 10.0 Å². The zero-order valence-corrected chi connectivity index (χ0v) is 14.4. The number of imide groups is 1. The Morgan fingerprint density at radius 3 is 2.20 bits per heavy atom. The van der Waals surface area contributed by atoms with Crippen LogP contribution in [0.5, 0.6) is 0 Å². The average molecular weight is 376 g/mol. The van der Waals surface area contributed by atoms with Gasteiger partial charge in [0.15, 0.2) is 6.10 Å². The van der Waals surface area contributed by atoms with E-state index in [-0.39, 0.29) is 4.90 Å². The molecule has 0 aliphatic rings. The van der Waals surface area contributed by atoms with Crippen molar-refractivity contribution in [3.8, 4) is 0 Å². The van der Waals surface area contributed by atoms with E-state index in [1.165, 1.54) is 13.8 Å². The summed E-state index contributed by atoms with van der Waals surface area (Å²) in [4.78, 5) is 34.1. The Morgan fingerprint density at radius 2 is 1.68 bits per heavy atom. The summed E-state index contributed by atoms with van der Waals surface area (Å²) in [5.41, 5.74) is 0. The average Bonchev–Trinajstić information content (AvgIpc) is 2.54. The van der Waals surface area contributed by atoms with Gasteiger partial charge in [0.05, 0.1) is 12.0 Å². The van der Waals surface area contributed by atoms with Crippen molar-refractivity contribution in [1.82, 2.24) is 10.0 Å². The number of hydrogen-bond acceptors (Lipinski definition) is 7. The van der Waals surface area contributed by atoms with Crippen LogP contribution in [-0.2, 0) is 29.1 Å². The second-order valence-electron chi connectivity index (χ2n) is 4.86. The summed E-state index contributed by atoms with van der Waals surface area (Å²) < 4.78 is 48.0. The van der Waals surface area contributed by atoms with Crippen LogP contribution in [0.15, 0.2) is 29.2 Å². The summed E-state index contributed by atoms with van der Waals surface area (Å²) in [6, 6.07) is 2.64. The van der Waals surface area contributed by atoms with Crippen LogP contribution in [0, 0.1) is 5.82 Å². The van der Waals surface area contributed by atoms with Crippen molar-refractivity contribution < 1.29 is 36.7 Å². The normalized spacial score (nSPS) is 13.4. The van der Waals surface area contributed by atoms with Crippen LogP contribution in [0.1, 0.15) is 13.8 Å². The number of esters is 1. The fourth-order valence-electron chi connectivity index (χ4n) is 1.55. The topological polar surface area (TPSA) is 128 Å². The Kier molecular flexibility index (Phi) is 7.00. The predicted molar refractivity (Wildman–Crippen MR) is 82.3 cm³/mol. The molecule has 0 radical (unpaired) electrons. The molecule has 0 saturated carbocycles. The lowest BCUT2D eigenvalue weighted by atomic mass is 10.3. The first-order valence-electron chi connectivity index (χ1n) is 6.94. The molecule has 2 atom stereocenters. The molecule has 138 valence electrons. The highest BCUT2D eigenvalue weighted by atomic mass is 32.2. The van der Waals surface area contributed by atoms with E-state index in [1.807, 2.05) is 4.72 Å². The van der Waals surface area contributed by atoms with E-state index in [9.17, 15) is 27.2 Å². The molecule has 0 saturated heterocycles. The van der Waals surface area contributed by atoms with Crippen LogP contribution in [0.25, 0.3) is 0 Å². The van der Waals surface area contributed by atoms with Gasteiger partial charge in [-0.05, 0) is 38.1 Å². The fourth-order valence-corrected chi connectivity index (χ4v) is 2.74. The minimum atomic E-state index is -4.09. The van der Waals surface area contributed by atoms with E-state index in [0.29, 0.717) is 0 Å². The number of halogens is 1. The van der Waals surface area contributed by atoms with Crippen molar-refractivity contribution in [3.05, 3.63) is 30.1 Å². The Bertz CT molecular complexity index is 749. The molecule has 0 unspecified atom stereocenters. The monoisotopic (exact) mass is 376 g/mol. The van der Waals surface area contributed by atoms with Crippen LogP contribution in [0.2, 0.25) is 0 Å². The van der Waals surface area contributed by atoms with E-state index in [4.69, 9.17) is 4.74 Å². The van der Waals surface area contributed by atoms with Crippen molar-refractivity contribution in [2.24, 2.45) is 0 Å². The molecule has 1 aromatic rings. The van der Waals surface area contributed by atoms with Crippen LogP contribution < -0.4 is 10.0 Å². The molecule has 11 heteroatoms. The van der Waals surface area contributed by atoms with Crippen LogP contribution in [0.4, 0.5) is 9.18 Å². The summed E-state index contributed by atoms with van der Waals surface area (Å²) in [7, 11) is -3.05. The third kappa shape index (κ3) is 6.12. The second-order valence-corrected chi connectivity index (χ2v) is 6.57. The number of hydrogen-bond donors (Lipinski definition) is 2. The minimum absolute atomic E-state index is 0.245. The number of nitrogens with one attached hydrogen (secondary N) is 2. The smallest absolute Gasteiger partial charge is 0.413 e. The Morgan fingerprint density at radius 1 is 1.12 bits per heavy atom. The van der Waals surface area contributed by atoms with E-state index in [2.05, 4.69) is 4.74 Å². The number of carbonyl (C=O) groups excluding carboxylic acids is 3. The lowest BCUT2D eigenvalue weighted by Gasteiger charge is -2.17. The first kappa shape index (κ1) is 20.5. The molecular weight excluding hydrogens is 359 g/mol. The molecule has 2 N–H and O–H groups in total. The number of rotatable bonds is 6. The van der Waals surface area contributed by atoms with Crippen LogP contribution >= 0.6 is 0 Å². The molecule has 9 nitrogen and oxygen atoms in total. The number of methoxy groups -OCH3 is 1. The van der Waals surface area contributed by atoms with Crippen LogP contribution in [-0.4, -0.2) is 45.6 Å². The van der Waals surface area contributed by atoms with Gasteiger partial charge in [0.1, 0.15) is 11.9 Å². The maximum Gasteiger partial charge on any atom is 0.413 e. The number of alkyl carbamates (subject to hydrolysis) is 1. The molecule has 1 rings (SSSR count). The standard InChI is InChI=1S/C14H17FN2O7S/c1-8(13(19)24-9(2)12(18)16-14(20)23-3)17-25(21,22)11-6-4-10(15)5-7-11/h4-9,17H,1-3H3,(H,16,18,20)/t8-,9-/m0/s1. The first-order chi connectivity index (χ1) is 11.6. The largest absolute Gasteiger partial charge is 0.453 e. The van der Waals surface area contributed by atoms with Crippen molar-refractivity contribution in [3.63, 3.8) is 0 Å². The molecule has 0 heterocycles. The van der Waals surface area contributed by atoms with Crippen molar-refractivity contribution in [2.75, 3.05) is 7.11 Å². The quantitative estimate of drug-likeness (QED) is 0.684. The molecule has 0 bridgehead atoms. The van der Waals surface area contributed by atoms with Gasteiger partial charge in [-0.25, -0.2) is 17.6 Å². The number of amides is 2. The summed E-state index contributed by atoms with van der Waals surface area (Å²) in [6.45, 7) is 2.39. The van der Waals surface area contributed by atoms with Gasteiger partial charge in [-0.15, -0.1) is 0 Å². The Hall–Kier alpha value is -2.53. The van der Waals surface area contributed by atoms with Crippen molar-refractivity contribution >= 4 is 28.0 Å². The molecule has 0 aromatic heterocycles. The van der Waals surface area contributed by atoms with Gasteiger partial charge >= 0.3 is 12.1 Å². The van der Waals surface area contributed by atoms with Gasteiger partial charge < -0.3 is 9.47 Å². The molecule has 0 aliphatic carbocycles. The third-order valence-corrected chi connectivity index (χ3v) is 4.44. The fraction of sp³-hybridized carbons (Fsp3) is 0.357. The predicted octanol–water partition coefficient (Wildman–Crippen LogP) is 0.307. The maximum atomic E-state index is 12.8. The van der Waals surface area contributed by atoms with E-state index < -0.39 is 46.0 Å². The summed E-state index contributed by atoms with van der Waals surface area (Å²) >= 11 is 0. The number of carbonyl (C=O) groups is 3. The Balaban J connectivity index is 2.68. The first-order valence-corrected chi connectivity index (χ1v) is 8.42. The summed E-state index contributed by atoms with van der Waals surface area (Å²) in [5.74, 6) is -2.59. The summed E-state index contributed by atoms with van der Waals surface area (Å²) in [5, 5.41) is 1.80. The number of ether oxygens (including phenoxy) is 2. The number of benzene rings is 1. The van der Waals surface area contributed by atoms with Crippen LogP contribution in [0.3, 0.4) is 0 Å². The van der Waals surface area contributed by atoms with Gasteiger partial charge in [-0.3, -0.25) is 14.9 Å². The Labute approximate surface area is 143 Å². The van der Waals surface area contributed by atoms with Gasteiger partial charge in [-0.1, -0.05) is 0 Å². The van der Waals surface area contributed by atoms with E-state index in [1.54, 1.807) is 5.32 Å². The maximum absolute atomic E-state index is 12.8. The minimum Gasteiger partial charge on any atom is -0.453 e. The second kappa shape index (κ2) is 8.53. The summed E-state index contributed by atoms with van der Waals surface area (Å²) in [6.07, 6.45) is -2.39. The molecule has 0 aliphatic heterocycles. The molecule has 0 spiro atoms. The molecule has 25 heavy (non-hydrogen) atoms. The molecule has 1 aromatic carbocycles. The molecular formula is C14H17FN2O7S. The zero-order valence-electron chi connectivity index (χ0n) is 13.6. The van der Waals surface area contributed by atoms with Gasteiger partial charge in [0, 0.05) is 0 Å². The molecule has 2 amide bonds. The highest BCUT2D eigenvalue weighted by Gasteiger charge is 2.27. The number of sulfonamides is 1. The van der Waals surface area contributed by atoms with E-state index in [0.717, 1.165) is 31.4 Å². The van der Waals surface area contributed by atoms with E-state index >= 15 is 0 Å². The lowest BCUT2D eigenvalue weighted by Crippen LogP contribution is -2.44. The zero-order chi connectivity index (χ0) is 19.2.